The standard InChI is InChI=1S/C8H7IN4O/c9-5-1-3-6(4-2-5)11-8-13-12-7(10)14-8/h1-4H,(H2,10,12)(H,11,13). The van der Waals surface area contributed by atoms with Crippen molar-refractivity contribution < 1.29 is 4.42 Å². The van der Waals surface area contributed by atoms with Crippen LogP contribution < -0.4 is 11.1 Å². The van der Waals surface area contributed by atoms with E-state index >= 15 is 0 Å². The Balaban J connectivity index is 2.15. The van der Waals surface area contributed by atoms with E-state index in [-0.39, 0.29) is 6.01 Å². The molecule has 0 bridgehead atoms. The van der Waals surface area contributed by atoms with Crippen molar-refractivity contribution in [2.75, 3.05) is 11.1 Å². The topological polar surface area (TPSA) is 77.0 Å². The number of aromatic nitrogens is 2. The highest BCUT2D eigenvalue weighted by Crippen LogP contribution is 2.16. The van der Waals surface area contributed by atoms with Gasteiger partial charge in [-0.25, -0.2) is 0 Å². The van der Waals surface area contributed by atoms with Gasteiger partial charge in [0.1, 0.15) is 0 Å². The van der Waals surface area contributed by atoms with Crippen molar-refractivity contribution in [3.05, 3.63) is 27.8 Å². The second-order valence-electron chi connectivity index (χ2n) is 2.58. The molecule has 0 unspecified atom stereocenters. The second kappa shape index (κ2) is 3.82. The molecule has 0 aliphatic carbocycles. The second-order valence-corrected chi connectivity index (χ2v) is 3.82. The average molecular weight is 302 g/mol. The summed E-state index contributed by atoms with van der Waals surface area (Å²) in [6.45, 7) is 0. The van der Waals surface area contributed by atoms with E-state index < -0.39 is 0 Å². The predicted octanol–water partition coefficient (Wildman–Crippen LogP) is 2.00. The van der Waals surface area contributed by atoms with Crippen LogP contribution in [0.4, 0.5) is 17.7 Å². The lowest BCUT2D eigenvalue weighted by molar-refractivity contribution is 0.593. The molecular weight excluding hydrogens is 295 g/mol. The lowest BCUT2D eigenvalue weighted by Gasteiger charge is -1.99. The Morgan fingerprint density at radius 2 is 1.93 bits per heavy atom. The number of rotatable bonds is 2. The fourth-order valence-corrected chi connectivity index (χ4v) is 1.30. The van der Waals surface area contributed by atoms with Crippen LogP contribution >= 0.6 is 22.6 Å². The van der Waals surface area contributed by atoms with Gasteiger partial charge in [-0.2, -0.15) is 0 Å². The average Bonchev–Trinajstić information content (AvgIpc) is 2.56. The van der Waals surface area contributed by atoms with Gasteiger partial charge >= 0.3 is 12.0 Å². The van der Waals surface area contributed by atoms with Gasteiger partial charge in [-0.05, 0) is 46.9 Å². The van der Waals surface area contributed by atoms with Crippen LogP contribution in [0.1, 0.15) is 0 Å². The van der Waals surface area contributed by atoms with Gasteiger partial charge in [-0.3, -0.25) is 0 Å². The summed E-state index contributed by atoms with van der Waals surface area (Å²) in [5.41, 5.74) is 6.16. The van der Waals surface area contributed by atoms with Crippen LogP contribution in [0.2, 0.25) is 0 Å². The molecule has 1 aromatic carbocycles. The minimum absolute atomic E-state index is 0.0537. The zero-order valence-electron chi connectivity index (χ0n) is 7.07. The summed E-state index contributed by atoms with van der Waals surface area (Å²) in [6.07, 6.45) is 0. The monoisotopic (exact) mass is 302 g/mol. The third kappa shape index (κ3) is 2.13. The van der Waals surface area contributed by atoms with E-state index in [1.165, 1.54) is 0 Å². The number of nitrogen functional groups attached to an aromatic ring is 1. The largest absolute Gasteiger partial charge is 0.389 e. The Morgan fingerprint density at radius 3 is 2.50 bits per heavy atom. The Hall–Kier alpha value is -1.31. The first-order chi connectivity index (χ1) is 6.74. The molecule has 5 nitrogen and oxygen atoms in total. The Bertz CT molecular complexity index is 425. The zero-order valence-corrected chi connectivity index (χ0v) is 9.22. The summed E-state index contributed by atoms with van der Waals surface area (Å²) in [5, 5.41) is 10.1. The fourth-order valence-electron chi connectivity index (χ4n) is 0.942. The summed E-state index contributed by atoms with van der Waals surface area (Å²) in [7, 11) is 0. The van der Waals surface area contributed by atoms with Gasteiger partial charge in [-0.15, -0.1) is 0 Å². The van der Waals surface area contributed by atoms with Crippen LogP contribution in [-0.4, -0.2) is 10.2 Å². The molecule has 0 saturated heterocycles. The smallest absolute Gasteiger partial charge is 0.321 e. The number of benzene rings is 1. The molecular formula is C8H7IN4O. The Kier molecular flexibility index (Phi) is 2.53. The number of nitrogens with two attached hydrogens (primary N) is 1. The number of nitrogens with zero attached hydrogens (tertiary/aromatic N) is 2. The number of nitrogens with one attached hydrogen (secondary N) is 1. The van der Waals surface area contributed by atoms with Gasteiger partial charge in [0, 0.05) is 9.26 Å². The number of halogens is 1. The van der Waals surface area contributed by atoms with E-state index in [0.29, 0.717) is 6.01 Å². The van der Waals surface area contributed by atoms with Crippen molar-refractivity contribution in [2.24, 2.45) is 0 Å². The number of anilines is 3. The van der Waals surface area contributed by atoms with Gasteiger partial charge in [0.15, 0.2) is 0 Å². The van der Waals surface area contributed by atoms with E-state index in [0.717, 1.165) is 9.26 Å². The van der Waals surface area contributed by atoms with Gasteiger partial charge in [0.25, 0.3) is 0 Å². The van der Waals surface area contributed by atoms with E-state index in [9.17, 15) is 0 Å². The van der Waals surface area contributed by atoms with Gasteiger partial charge in [0.2, 0.25) is 0 Å². The van der Waals surface area contributed by atoms with Crippen molar-refractivity contribution >= 4 is 40.3 Å². The lowest BCUT2D eigenvalue weighted by atomic mass is 10.3. The maximum Gasteiger partial charge on any atom is 0.321 e. The molecule has 0 atom stereocenters. The Labute approximate surface area is 93.8 Å². The number of hydrogen-bond acceptors (Lipinski definition) is 5. The first kappa shape index (κ1) is 9.25. The van der Waals surface area contributed by atoms with Gasteiger partial charge < -0.3 is 15.5 Å². The SMILES string of the molecule is Nc1nnc(Nc2ccc(I)cc2)o1. The Morgan fingerprint density at radius 1 is 1.21 bits per heavy atom. The summed E-state index contributed by atoms with van der Waals surface area (Å²) in [6, 6.07) is 8.14. The molecule has 14 heavy (non-hydrogen) atoms. The van der Waals surface area contributed by atoms with Gasteiger partial charge in [0.05, 0.1) is 0 Å². The normalized spacial score (nSPS) is 10.1. The van der Waals surface area contributed by atoms with Crippen LogP contribution in [0.3, 0.4) is 0 Å². The van der Waals surface area contributed by atoms with E-state index in [2.05, 4.69) is 38.1 Å². The predicted molar refractivity (Wildman–Crippen MR) is 61.2 cm³/mol. The third-order valence-electron chi connectivity index (χ3n) is 1.54. The van der Waals surface area contributed by atoms with E-state index in [1.807, 2.05) is 24.3 Å². The maximum absolute atomic E-state index is 5.27. The van der Waals surface area contributed by atoms with Crippen molar-refractivity contribution in [2.45, 2.75) is 0 Å². The van der Waals surface area contributed by atoms with Crippen LogP contribution in [-0.2, 0) is 0 Å². The van der Waals surface area contributed by atoms with Crippen LogP contribution in [0.5, 0.6) is 0 Å². The third-order valence-corrected chi connectivity index (χ3v) is 2.26. The highest BCUT2D eigenvalue weighted by atomic mass is 127. The summed E-state index contributed by atoms with van der Waals surface area (Å²) in [5.74, 6) is 0. The van der Waals surface area contributed by atoms with Crippen LogP contribution in [0.25, 0.3) is 0 Å². The first-order valence-corrected chi connectivity index (χ1v) is 4.93. The summed E-state index contributed by atoms with van der Waals surface area (Å²) < 4.78 is 6.13. The van der Waals surface area contributed by atoms with E-state index in [4.69, 9.17) is 10.2 Å². The van der Waals surface area contributed by atoms with Crippen molar-refractivity contribution in [3.8, 4) is 0 Å². The highest BCUT2D eigenvalue weighted by molar-refractivity contribution is 14.1. The van der Waals surface area contributed by atoms with Crippen molar-refractivity contribution in [3.63, 3.8) is 0 Å². The zero-order chi connectivity index (χ0) is 9.97. The molecule has 0 spiro atoms. The summed E-state index contributed by atoms with van der Waals surface area (Å²) >= 11 is 2.23. The fraction of sp³-hybridized carbons (Fsp3) is 0. The molecule has 1 aromatic heterocycles. The minimum Gasteiger partial charge on any atom is -0.389 e. The molecule has 0 saturated carbocycles. The molecule has 1 heterocycles. The summed E-state index contributed by atoms with van der Waals surface area (Å²) in [4.78, 5) is 0. The molecule has 0 radical (unpaired) electrons. The van der Waals surface area contributed by atoms with Gasteiger partial charge in [-0.1, -0.05) is 10.2 Å². The maximum atomic E-state index is 5.27. The molecule has 2 aromatic rings. The molecule has 72 valence electrons. The van der Waals surface area contributed by atoms with E-state index in [1.54, 1.807) is 0 Å². The lowest BCUT2D eigenvalue weighted by Crippen LogP contribution is -1.89. The van der Waals surface area contributed by atoms with Crippen LogP contribution in [0.15, 0.2) is 28.7 Å². The molecule has 0 fully saturated rings. The molecule has 0 aliphatic rings. The molecule has 6 heteroatoms. The number of hydrogen-bond donors (Lipinski definition) is 2. The molecule has 3 N–H and O–H groups in total. The first-order valence-electron chi connectivity index (χ1n) is 3.85. The molecule has 0 aliphatic heterocycles. The molecule has 2 rings (SSSR count). The highest BCUT2D eigenvalue weighted by Gasteiger charge is 2.01. The molecule has 0 amide bonds. The van der Waals surface area contributed by atoms with Crippen LogP contribution in [0, 0.1) is 3.57 Å². The van der Waals surface area contributed by atoms with Crippen molar-refractivity contribution in [1.29, 1.82) is 0 Å². The minimum atomic E-state index is 0.0537. The van der Waals surface area contributed by atoms with Crippen molar-refractivity contribution in [1.82, 2.24) is 10.2 Å². The quantitative estimate of drug-likeness (QED) is 0.830.